The highest BCUT2D eigenvalue weighted by atomic mass is 32.2. The van der Waals surface area contributed by atoms with Crippen LogP contribution in [0.15, 0.2) is 64.9 Å². The Hall–Kier alpha value is -2.62. The topological polar surface area (TPSA) is 84.3 Å². The first-order valence-electron chi connectivity index (χ1n) is 9.70. The Morgan fingerprint density at radius 1 is 1.16 bits per heavy atom. The Kier molecular flexibility index (Phi) is 6.88. The van der Waals surface area contributed by atoms with Crippen molar-refractivity contribution in [2.45, 2.75) is 36.1 Å². The summed E-state index contributed by atoms with van der Waals surface area (Å²) in [6.07, 6.45) is 3.57. The van der Waals surface area contributed by atoms with E-state index in [1.807, 2.05) is 42.8 Å². The molecule has 0 fully saturated rings. The van der Waals surface area contributed by atoms with Gasteiger partial charge in [0, 0.05) is 37.9 Å². The molecule has 1 atom stereocenters. The molecule has 1 amide bonds. The minimum absolute atomic E-state index is 0.133. The van der Waals surface area contributed by atoms with Gasteiger partial charge in [-0.25, -0.2) is 17.7 Å². The molecule has 0 saturated heterocycles. The van der Waals surface area contributed by atoms with E-state index in [0.717, 1.165) is 21.1 Å². The minimum Gasteiger partial charge on any atom is -0.325 e. The Balaban J connectivity index is 1.78. The average Bonchev–Trinajstić information content (AvgIpc) is 3.17. The molecule has 0 aliphatic carbocycles. The molecular formula is C22H26N4O3S2. The quantitative estimate of drug-likeness (QED) is 0.544. The van der Waals surface area contributed by atoms with E-state index in [4.69, 9.17) is 0 Å². The number of nitrogens with one attached hydrogen (secondary N) is 1. The molecule has 0 aliphatic heterocycles. The van der Waals surface area contributed by atoms with Crippen LogP contribution in [-0.2, 0) is 14.8 Å². The van der Waals surface area contributed by atoms with Gasteiger partial charge in [0.25, 0.3) is 0 Å². The van der Waals surface area contributed by atoms with Crippen molar-refractivity contribution in [2.75, 3.05) is 19.4 Å². The van der Waals surface area contributed by atoms with E-state index in [0.29, 0.717) is 10.8 Å². The normalized spacial score (nSPS) is 12.7. The average molecular weight is 459 g/mol. The van der Waals surface area contributed by atoms with Crippen LogP contribution in [0, 0.1) is 13.8 Å². The maximum Gasteiger partial charge on any atom is 0.242 e. The molecule has 0 radical (unpaired) electrons. The van der Waals surface area contributed by atoms with Gasteiger partial charge >= 0.3 is 0 Å². The number of benzene rings is 2. The number of carbonyl (C=O) groups is 1. The molecule has 3 aromatic rings. The number of anilines is 1. The summed E-state index contributed by atoms with van der Waals surface area (Å²) in [5, 5.41) is 3.12. The summed E-state index contributed by atoms with van der Waals surface area (Å²) in [5.74, 6) is -0.230. The predicted octanol–water partition coefficient (Wildman–Crippen LogP) is 3.86. The summed E-state index contributed by atoms with van der Waals surface area (Å²) in [5.41, 5.74) is 3.37. The van der Waals surface area contributed by atoms with Gasteiger partial charge in [-0.1, -0.05) is 30.0 Å². The molecule has 1 unspecified atom stereocenters. The predicted molar refractivity (Wildman–Crippen MR) is 124 cm³/mol. The van der Waals surface area contributed by atoms with Crippen molar-refractivity contribution in [1.82, 2.24) is 13.9 Å². The van der Waals surface area contributed by atoms with Crippen LogP contribution in [0.4, 0.5) is 5.69 Å². The molecule has 2 aromatic carbocycles. The Bertz CT molecular complexity index is 1200. The highest BCUT2D eigenvalue weighted by molar-refractivity contribution is 8.00. The van der Waals surface area contributed by atoms with Crippen LogP contribution in [0.25, 0.3) is 5.69 Å². The number of nitrogens with zero attached hydrogens (tertiary/aromatic N) is 3. The van der Waals surface area contributed by atoms with Crippen molar-refractivity contribution in [3.8, 4) is 5.69 Å². The standard InChI is InChI=1S/C22H26N4O3S2/c1-15-7-6-8-18(13-15)26-12-11-23-22(26)30-17(3)21(27)24-20-14-19(10-9-16(20)2)31(28,29)25(4)5/h6-14,17H,1-5H3,(H,24,27). The molecule has 1 aromatic heterocycles. The number of carbonyl (C=O) groups excluding carboxylic acids is 1. The number of rotatable bonds is 7. The monoisotopic (exact) mass is 458 g/mol. The Morgan fingerprint density at radius 3 is 2.58 bits per heavy atom. The lowest BCUT2D eigenvalue weighted by molar-refractivity contribution is -0.115. The minimum atomic E-state index is -3.59. The number of aryl methyl sites for hydroxylation is 2. The third-order valence-electron chi connectivity index (χ3n) is 4.78. The summed E-state index contributed by atoms with van der Waals surface area (Å²) in [7, 11) is -0.640. The van der Waals surface area contributed by atoms with Gasteiger partial charge in [0.1, 0.15) is 0 Å². The lowest BCUT2D eigenvalue weighted by Gasteiger charge is -2.16. The van der Waals surface area contributed by atoms with E-state index < -0.39 is 15.3 Å². The molecule has 0 bridgehead atoms. The van der Waals surface area contributed by atoms with Gasteiger partial charge < -0.3 is 5.32 Å². The Labute approximate surface area is 187 Å². The van der Waals surface area contributed by atoms with Crippen molar-refractivity contribution in [3.05, 3.63) is 66.0 Å². The lowest BCUT2D eigenvalue weighted by Crippen LogP contribution is -2.25. The smallest absolute Gasteiger partial charge is 0.242 e. The summed E-state index contributed by atoms with van der Waals surface area (Å²) >= 11 is 1.34. The van der Waals surface area contributed by atoms with E-state index in [2.05, 4.69) is 16.4 Å². The van der Waals surface area contributed by atoms with Gasteiger partial charge in [-0.2, -0.15) is 0 Å². The molecule has 0 spiro atoms. The molecule has 3 rings (SSSR count). The van der Waals surface area contributed by atoms with Crippen LogP contribution in [-0.4, -0.2) is 47.5 Å². The molecule has 31 heavy (non-hydrogen) atoms. The van der Waals surface area contributed by atoms with Crippen molar-refractivity contribution in [1.29, 1.82) is 0 Å². The van der Waals surface area contributed by atoms with E-state index in [-0.39, 0.29) is 10.8 Å². The molecular weight excluding hydrogens is 432 g/mol. The number of thioether (sulfide) groups is 1. The number of sulfonamides is 1. The zero-order valence-corrected chi connectivity index (χ0v) is 19.8. The zero-order valence-electron chi connectivity index (χ0n) is 18.2. The molecule has 7 nitrogen and oxygen atoms in total. The second-order valence-electron chi connectivity index (χ2n) is 7.43. The largest absolute Gasteiger partial charge is 0.325 e. The fourth-order valence-electron chi connectivity index (χ4n) is 2.90. The van der Waals surface area contributed by atoms with Crippen LogP contribution in [0.2, 0.25) is 0 Å². The van der Waals surface area contributed by atoms with Crippen LogP contribution in [0.1, 0.15) is 18.1 Å². The summed E-state index contributed by atoms with van der Waals surface area (Å²) < 4.78 is 27.9. The van der Waals surface area contributed by atoms with Crippen molar-refractivity contribution in [3.63, 3.8) is 0 Å². The summed E-state index contributed by atoms with van der Waals surface area (Å²) in [4.78, 5) is 17.4. The molecule has 9 heteroatoms. The first-order valence-corrected chi connectivity index (χ1v) is 12.0. The lowest BCUT2D eigenvalue weighted by atomic mass is 10.2. The van der Waals surface area contributed by atoms with Crippen LogP contribution in [0.5, 0.6) is 0 Å². The fourth-order valence-corrected chi connectivity index (χ4v) is 4.72. The van der Waals surface area contributed by atoms with Crippen molar-refractivity contribution >= 4 is 33.4 Å². The highest BCUT2D eigenvalue weighted by Crippen LogP contribution is 2.27. The third-order valence-corrected chi connectivity index (χ3v) is 7.68. The number of hydrogen-bond donors (Lipinski definition) is 1. The van der Waals surface area contributed by atoms with Crippen LogP contribution >= 0.6 is 11.8 Å². The number of aromatic nitrogens is 2. The van der Waals surface area contributed by atoms with E-state index in [1.54, 1.807) is 19.2 Å². The number of imidazole rings is 1. The van der Waals surface area contributed by atoms with Crippen LogP contribution in [0.3, 0.4) is 0 Å². The van der Waals surface area contributed by atoms with Gasteiger partial charge in [0.05, 0.1) is 10.1 Å². The number of hydrogen-bond acceptors (Lipinski definition) is 5. The van der Waals surface area contributed by atoms with E-state index >= 15 is 0 Å². The van der Waals surface area contributed by atoms with Crippen molar-refractivity contribution < 1.29 is 13.2 Å². The molecule has 164 valence electrons. The van der Waals surface area contributed by atoms with Gasteiger partial charge in [0.2, 0.25) is 15.9 Å². The number of amides is 1. The third kappa shape index (κ3) is 5.17. The van der Waals surface area contributed by atoms with E-state index in [1.165, 1.54) is 38.0 Å². The maximum atomic E-state index is 12.9. The molecule has 1 heterocycles. The van der Waals surface area contributed by atoms with Gasteiger partial charge in [0.15, 0.2) is 5.16 Å². The SMILES string of the molecule is Cc1cccc(-n2ccnc2SC(C)C(=O)Nc2cc(S(=O)(=O)N(C)C)ccc2C)c1. The Morgan fingerprint density at radius 2 is 1.90 bits per heavy atom. The fraction of sp³-hybridized carbons (Fsp3) is 0.273. The molecule has 0 saturated carbocycles. The molecule has 1 N–H and O–H groups in total. The van der Waals surface area contributed by atoms with Crippen molar-refractivity contribution in [2.24, 2.45) is 0 Å². The first-order chi connectivity index (χ1) is 14.6. The van der Waals surface area contributed by atoms with Gasteiger partial charge in [-0.3, -0.25) is 9.36 Å². The second-order valence-corrected chi connectivity index (χ2v) is 10.9. The molecule has 0 aliphatic rings. The summed E-state index contributed by atoms with van der Waals surface area (Å²) in [6.45, 7) is 5.64. The highest BCUT2D eigenvalue weighted by Gasteiger charge is 2.21. The zero-order chi connectivity index (χ0) is 22.8. The van der Waals surface area contributed by atoms with Gasteiger partial charge in [-0.05, 0) is 56.2 Å². The maximum absolute atomic E-state index is 12.9. The van der Waals surface area contributed by atoms with Crippen LogP contribution < -0.4 is 5.32 Å². The van der Waals surface area contributed by atoms with E-state index in [9.17, 15) is 13.2 Å². The second kappa shape index (κ2) is 9.25. The summed E-state index contributed by atoms with van der Waals surface area (Å²) in [6, 6.07) is 12.8. The first kappa shape index (κ1) is 23.1. The van der Waals surface area contributed by atoms with Gasteiger partial charge in [-0.15, -0.1) is 0 Å².